The number of para-hydroxylation sites is 1. The van der Waals surface area contributed by atoms with Crippen LogP contribution >= 0.6 is 69.7 Å². The van der Waals surface area contributed by atoms with Gasteiger partial charge in [0, 0.05) is 11.4 Å². The van der Waals surface area contributed by atoms with Gasteiger partial charge in [-0.05, 0) is 51.7 Å². The molecule has 2 aromatic rings. The number of aromatic nitrogens is 2. The van der Waals surface area contributed by atoms with Crippen molar-refractivity contribution in [3.63, 3.8) is 0 Å². The molecule has 1 aromatic carbocycles. The second-order valence-electron chi connectivity index (χ2n) is 11.1. The Hall–Kier alpha value is -1.81. The summed E-state index contributed by atoms with van der Waals surface area (Å²) in [6.45, 7) is 4.37. The van der Waals surface area contributed by atoms with Crippen molar-refractivity contribution in [2.45, 2.75) is 69.6 Å². The maximum atomic E-state index is 13.9. The molecule has 5 atom stereocenters. The van der Waals surface area contributed by atoms with E-state index in [1.807, 2.05) is 13.8 Å². The standard InChI is InChI=1S/C27H30Cl3N5O6S3/c1-14(16-9-10-16)41-24(39)34(17-7-5-4-6-8-17)11-18(36)27(31)21(38)35-19(20(37)40-12-26(28,29)30)25(3,44-22(27)35)13-42-23-33-32-15(2)43-23/h4-8,14,16,19,22H,9-13,31H2,1-3H3/t14?,19?,22-,25?,27?/m0/s1. The summed E-state index contributed by atoms with van der Waals surface area (Å²) in [4.78, 5) is 56.8. The number of nitrogens with two attached hydrogens (primary N) is 1. The van der Waals surface area contributed by atoms with Crippen LogP contribution in [0.3, 0.4) is 0 Å². The van der Waals surface area contributed by atoms with Crippen LogP contribution < -0.4 is 10.6 Å². The molecule has 1 aliphatic carbocycles. The molecule has 17 heteroatoms. The average molecular weight is 723 g/mol. The van der Waals surface area contributed by atoms with Gasteiger partial charge in [0.1, 0.15) is 29.1 Å². The largest absolute Gasteiger partial charge is 0.460 e. The third kappa shape index (κ3) is 6.81. The summed E-state index contributed by atoms with van der Waals surface area (Å²) >= 11 is 21.4. The first-order chi connectivity index (χ1) is 20.6. The first-order valence-corrected chi connectivity index (χ1v) is 17.5. The van der Waals surface area contributed by atoms with Gasteiger partial charge in [-0.1, -0.05) is 76.1 Å². The van der Waals surface area contributed by atoms with E-state index in [4.69, 9.17) is 50.0 Å². The molecule has 44 heavy (non-hydrogen) atoms. The van der Waals surface area contributed by atoms with Gasteiger partial charge in [-0.15, -0.1) is 22.0 Å². The van der Waals surface area contributed by atoms with Gasteiger partial charge in [0.2, 0.25) is 3.79 Å². The van der Waals surface area contributed by atoms with Crippen molar-refractivity contribution in [1.29, 1.82) is 0 Å². The molecule has 2 aliphatic heterocycles. The van der Waals surface area contributed by atoms with Crippen molar-refractivity contribution >= 4 is 99.1 Å². The average Bonchev–Trinajstić information content (AvgIpc) is 3.69. The van der Waals surface area contributed by atoms with Crippen LogP contribution in [0.15, 0.2) is 34.7 Å². The van der Waals surface area contributed by atoms with E-state index in [1.54, 1.807) is 37.3 Å². The van der Waals surface area contributed by atoms with Gasteiger partial charge in [0.15, 0.2) is 15.7 Å². The van der Waals surface area contributed by atoms with Crippen LogP contribution in [0.2, 0.25) is 0 Å². The number of rotatable bonds is 11. The number of β-lactam (4-membered cyclic amide) rings is 1. The quantitative estimate of drug-likeness (QED) is 0.114. The predicted molar refractivity (Wildman–Crippen MR) is 171 cm³/mol. The molecule has 2 saturated heterocycles. The van der Waals surface area contributed by atoms with E-state index < -0.39 is 62.4 Å². The number of aryl methyl sites for hydroxylation is 1. The van der Waals surface area contributed by atoms with Gasteiger partial charge < -0.3 is 20.1 Å². The lowest BCUT2D eigenvalue weighted by molar-refractivity contribution is -0.170. The highest BCUT2D eigenvalue weighted by Gasteiger charge is 2.74. The molecule has 1 saturated carbocycles. The first-order valence-electron chi connectivity index (χ1n) is 13.7. The van der Waals surface area contributed by atoms with Crippen molar-refractivity contribution in [3.05, 3.63) is 35.3 Å². The van der Waals surface area contributed by atoms with Crippen molar-refractivity contribution < 1.29 is 28.7 Å². The number of ketones is 1. The summed E-state index contributed by atoms with van der Waals surface area (Å²) < 4.78 is 8.81. The second-order valence-corrected chi connectivity index (χ2v) is 17.7. The highest BCUT2D eigenvalue weighted by Crippen LogP contribution is 2.56. The molecule has 0 radical (unpaired) electrons. The lowest BCUT2D eigenvalue weighted by Gasteiger charge is -2.50. The van der Waals surface area contributed by atoms with E-state index in [1.165, 1.54) is 44.7 Å². The zero-order chi connectivity index (χ0) is 32.0. The van der Waals surface area contributed by atoms with E-state index >= 15 is 0 Å². The Balaban J connectivity index is 1.39. The van der Waals surface area contributed by atoms with Crippen LogP contribution in [0.4, 0.5) is 10.5 Å². The lowest BCUT2D eigenvalue weighted by Crippen LogP contribution is -2.81. The molecular formula is C27H30Cl3N5O6S3. The number of alkyl halides is 3. The normalized spacial score (nSPS) is 26.9. The molecule has 0 spiro atoms. The minimum Gasteiger partial charge on any atom is -0.460 e. The van der Waals surface area contributed by atoms with Crippen molar-refractivity contribution in [3.8, 4) is 0 Å². The topological polar surface area (TPSA) is 145 Å². The Kier molecular flexibility index (Phi) is 9.73. The molecule has 11 nitrogen and oxygen atoms in total. The molecular weight excluding hydrogens is 693 g/mol. The number of hydrogen-bond donors (Lipinski definition) is 1. The first kappa shape index (κ1) is 33.6. The smallest absolute Gasteiger partial charge is 0.414 e. The van der Waals surface area contributed by atoms with Gasteiger partial charge in [-0.3, -0.25) is 14.5 Å². The fraction of sp³-hybridized carbons (Fsp3) is 0.556. The third-order valence-electron chi connectivity index (χ3n) is 7.68. The minimum absolute atomic E-state index is 0.280. The number of halogens is 3. The molecule has 3 heterocycles. The molecule has 2 N–H and O–H groups in total. The number of hydrogen-bond acceptors (Lipinski definition) is 12. The summed E-state index contributed by atoms with van der Waals surface area (Å²) in [6, 6.07) is 7.41. The number of Topliss-reactive ketones (excluding diaryl/α,β-unsaturated/α-hetero) is 1. The number of esters is 1. The minimum atomic E-state index is -2.02. The number of anilines is 1. The van der Waals surface area contributed by atoms with Crippen LogP contribution in [-0.2, 0) is 23.9 Å². The van der Waals surface area contributed by atoms with Gasteiger partial charge >= 0.3 is 12.1 Å². The molecule has 238 valence electrons. The van der Waals surface area contributed by atoms with Crippen LogP contribution in [0.5, 0.6) is 0 Å². The van der Waals surface area contributed by atoms with Crippen molar-refractivity contribution in [2.75, 3.05) is 23.8 Å². The number of amides is 2. The summed E-state index contributed by atoms with van der Waals surface area (Å²) in [5.74, 6) is -1.67. The molecule has 3 fully saturated rings. The van der Waals surface area contributed by atoms with Crippen LogP contribution in [-0.4, -0.2) is 89.4 Å². The van der Waals surface area contributed by atoms with E-state index in [0.717, 1.165) is 17.8 Å². The Labute approximate surface area is 281 Å². The monoisotopic (exact) mass is 721 g/mol. The van der Waals surface area contributed by atoms with Gasteiger partial charge in [-0.2, -0.15) is 0 Å². The Morgan fingerprint density at radius 2 is 1.91 bits per heavy atom. The second kappa shape index (κ2) is 12.8. The molecule has 3 aliphatic rings. The molecule has 5 rings (SSSR count). The number of thioether (sulfide) groups is 2. The summed E-state index contributed by atoms with van der Waals surface area (Å²) in [5, 5.41) is 8.01. The van der Waals surface area contributed by atoms with E-state index in [2.05, 4.69) is 10.2 Å². The number of nitrogens with zero attached hydrogens (tertiary/aromatic N) is 4. The maximum Gasteiger partial charge on any atom is 0.414 e. The van der Waals surface area contributed by atoms with E-state index in [-0.39, 0.29) is 12.0 Å². The molecule has 2 amide bonds. The predicted octanol–water partition coefficient (Wildman–Crippen LogP) is 4.60. The summed E-state index contributed by atoms with van der Waals surface area (Å²) in [5.41, 5.74) is 5.02. The summed E-state index contributed by atoms with van der Waals surface area (Å²) in [7, 11) is 0. The zero-order valence-electron chi connectivity index (χ0n) is 23.9. The molecule has 0 bridgehead atoms. The number of fused-ring (bicyclic) bond motifs is 1. The van der Waals surface area contributed by atoms with E-state index in [9.17, 15) is 19.2 Å². The van der Waals surface area contributed by atoms with Gasteiger partial charge in [0.25, 0.3) is 5.91 Å². The number of ether oxygens (including phenoxy) is 2. The van der Waals surface area contributed by atoms with Crippen LogP contribution in [0.25, 0.3) is 0 Å². The number of carbonyl (C=O) groups is 4. The Bertz CT molecular complexity index is 1440. The Morgan fingerprint density at radius 1 is 1.23 bits per heavy atom. The van der Waals surface area contributed by atoms with Gasteiger partial charge in [-0.25, -0.2) is 9.59 Å². The summed E-state index contributed by atoms with van der Waals surface area (Å²) in [6.07, 6.45) is 0.900. The van der Waals surface area contributed by atoms with Crippen LogP contribution in [0, 0.1) is 12.8 Å². The fourth-order valence-electron chi connectivity index (χ4n) is 5.13. The molecule has 1 aromatic heterocycles. The number of benzene rings is 1. The van der Waals surface area contributed by atoms with Gasteiger partial charge in [0.05, 0.1) is 11.3 Å². The number of carbonyl (C=O) groups excluding carboxylic acids is 4. The van der Waals surface area contributed by atoms with E-state index in [0.29, 0.717) is 15.8 Å². The SMILES string of the molecule is Cc1nnc(SCC2(C)S[C@@H]3N(C(=O)C3(N)C(=O)CN(C(=O)OC(C)C3CC3)c3ccccc3)C2C(=O)OCC(Cl)(Cl)Cl)s1. The highest BCUT2D eigenvalue weighted by molar-refractivity contribution is 8.05. The fourth-order valence-corrected chi connectivity index (χ4v) is 9.20. The lowest BCUT2D eigenvalue weighted by atomic mass is 9.81. The third-order valence-corrected chi connectivity index (χ3v) is 12.2. The van der Waals surface area contributed by atoms with Crippen molar-refractivity contribution in [1.82, 2.24) is 15.1 Å². The zero-order valence-corrected chi connectivity index (χ0v) is 28.6. The highest BCUT2D eigenvalue weighted by atomic mass is 35.6. The molecule has 4 unspecified atom stereocenters. The Morgan fingerprint density at radius 3 is 2.50 bits per heavy atom. The van der Waals surface area contributed by atoms with Crippen molar-refractivity contribution in [2.24, 2.45) is 11.7 Å². The maximum absolute atomic E-state index is 13.9. The van der Waals surface area contributed by atoms with Crippen LogP contribution in [0.1, 0.15) is 31.7 Å².